The summed E-state index contributed by atoms with van der Waals surface area (Å²) in [4.78, 5) is 0. The van der Waals surface area contributed by atoms with Crippen molar-refractivity contribution in [3.63, 3.8) is 0 Å². The number of anilines is 1. The van der Waals surface area contributed by atoms with E-state index in [0.29, 0.717) is 0 Å². The predicted octanol–water partition coefficient (Wildman–Crippen LogP) is 1.64. The minimum atomic E-state index is 0.767. The number of fused-ring (bicyclic) bond motifs is 1. The molecule has 0 saturated carbocycles. The topological polar surface area (TPSA) is 43.8 Å². The first-order valence-corrected chi connectivity index (χ1v) is 4.02. The number of hydrogen-bond donors (Lipinski definition) is 1. The maximum Gasteiger partial charge on any atom is 0.0943 e. The van der Waals surface area contributed by atoms with Crippen molar-refractivity contribution in [2.24, 2.45) is 0 Å². The van der Waals surface area contributed by atoms with Crippen LogP contribution in [0.4, 0.5) is 5.69 Å². The molecule has 2 rings (SSSR count). The van der Waals surface area contributed by atoms with E-state index in [2.05, 4.69) is 12.0 Å². The van der Waals surface area contributed by atoms with Crippen molar-refractivity contribution in [1.82, 2.24) is 9.78 Å². The molecular formula is C9H11N3. The molecule has 3 heteroatoms. The van der Waals surface area contributed by atoms with Gasteiger partial charge in [0.1, 0.15) is 0 Å². The fraction of sp³-hybridized carbons (Fsp3) is 0.222. The second-order valence-corrected chi connectivity index (χ2v) is 2.80. The molecule has 0 fully saturated rings. The molecule has 0 bridgehead atoms. The van der Waals surface area contributed by atoms with E-state index in [1.54, 1.807) is 0 Å². The summed E-state index contributed by atoms with van der Waals surface area (Å²) in [6.45, 7) is 2.96. The van der Waals surface area contributed by atoms with Gasteiger partial charge in [0.2, 0.25) is 0 Å². The lowest BCUT2D eigenvalue weighted by Gasteiger charge is -1.89. The molecule has 12 heavy (non-hydrogen) atoms. The largest absolute Gasteiger partial charge is 0.399 e. The molecular weight excluding hydrogens is 150 g/mol. The smallest absolute Gasteiger partial charge is 0.0943 e. The molecule has 2 aromatic rings. The Morgan fingerprint density at radius 3 is 3.08 bits per heavy atom. The maximum atomic E-state index is 5.63. The third-order valence-corrected chi connectivity index (χ3v) is 1.90. The van der Waals surface area contributed by atoms with Gasteiger partial charge >= 0.3 is 0 Å². The molecule has 1 aromatic heterocycles. The first-order chi connectivity index (χ1) is 5.79. The van der Waals surface area contributed by atoms with Crippen LogP contribution in [0.2, 0.25) is 0 Å². The molecule has 3 nitrogen and oxygen atoms in total. The van der Waals surface area contributed by atoms with Crippen molar-refractivity contribution in [2.45, 2.75) is 13.5 Å². The Morgan fingerprint density at radius 2 is 2.33 bits per heavy atom. The van der Waals surface area contributed by atoms with E-state index in [-0.39, 0.29) is 0 Å². The van der Waals surface area contributed by atoms with Crippen LogP contribution in [0.1, 0.15) is 6.92 Å². The number of aryl methyl sites for hydroxylation is 1. The van der Waals surface area contributed by atoms with Crippen LogP contribution < -0.4 is 5.73 Å². The van der Waals surface area contributed by atoms with Gasteiger partial charge < -0.3 is 5.73 Å². The van der Waals surface area contributed by atoms with Crippen LogP contribution in [-0.4, -0.2) is 9.78 Å². The van der Waals surface area contributed by atoms with Gasteiger partial charge in [0, 0.05) is 23.8 Å². The second kappa shape index (κ2) is 2.52. The van der Waals surface area contributed by atoms with Gasteiger partial charge in [-0.15, -0.1) is 0 Å². The van der Waals surface area contributed by atoms with Gasteiger partial charge in [-0.2, -0.15) is 5.10 Å². The maximum absolute atomic E-state index is 5.63. The number of benzene rings is 1. The molecule has 0 aliphatic carbocycles. The van der Waals surface area contributed by atoms with Crippen LogP contribution in [-0.2, 0) is 6.54 Å². The Bertz CT molecular complexity index is 403. The van der Waals surface area contributed by atoms with Crippen LogP contribution in [0.15, 0.2) is 24.4 Å². The Kier molecular flexibility index (Phi) is 1.50. The van der Waals surface area contributed by atoms with E-state index in [1.165, 1.54) is 0 Å². The standard InChI is InChI=1S/C9H11N3/c1-2-12-6-7-3-4-8(10)5-9(7)11-12/h3-6H,2,10H2,1H3. The van der Waals surface area contributed by atoms with Crippen LogP contribution in [0.5, 0.6) is 0 Å². The van der Waals surface area contributed by atoms with Gasteiger partial charge in [-0.1, -0.05) is 0 Å². The van der Waals surface area contributed by atoms with Crippen molar-refractivity contribution in [2.75, 3.05) is 5.73 Å². The van der Waals surface area contributed by atoms with E-state index in [4.69, 9.17) is 5.73 Å². The number of hydrogen-bond acceptors (Lipinski definition) is 2. The summed E-state index contributed by atoms with van der Waals surface area (Å²) in [5.74, 6) is 0. The summed E-state index contributed by atoms with van der Waals surface area (Å²) in [7, 11) is 0. The van der Waals surface area contributed by atoms with E-state index in [1.807, 2.05) is 29.1 Å². The van der Waals surface area contributed by atoms with E-state index in [0.717, 1.165) is 23.1 Å². The minimum Gasteiger partial charge on any atom is -0.399 e. The zero-order valence-electron chi connectivity index (χ0n) is 6.99. The molecule has 2 N–H and O–H groups in total. The van der Waals surface area contributed by atoms with Gasteiger partial charge in [0.15, 0.2) is 0 Å². The Balaban J connectivity index is 2.67. The second-order valence-electron chi connectivity index (χ2n) is 2.80. The average molecular weight is 161 g/mol. The monoisotopic (exact) mass is 161 g/mol. The molecule has 0 saturated heterocycles. The Hall–Kier alpha value is -1.51. The summed E-state index contributed by atoms with van der Waals surface area (Å²) in [5, 5.41) is 5.47. The molecule has 0 aliphatic rings. The lowest BCUT2D eigenvalue weighted by molar-refractivity contribution is 0.668. The highest BCUT2D eigenvalue weighted by Gasteiger charge is 1.98. The number of nitrogens with zero attached hydrogens (tertiary/aromatic N) is 2. The summed E-state index contributed by atoms with van der Waals surface area (Å²) >= 11 is 0. The van der Waals surface area contributed by atoms with Crippen LogP contribution >= 0.6 is 0 Å². The number of nitrogens with two attached hydrogens (primary N) is 1. The molecule has 0 radical (unpaired) electrons. The van der Waals surface area contributed by atoms with E-state index >= 15 is 0 Å². The van der Waals surface area contributed by atoms with Crippen molar-refractivity contribution in [3.8, 4) is 0 Å². The summed E-state index contributed by atoms with van der Waals surface area (Å²) in [5.41, 5.74) is 7.36. The normalized spacial score (nSPS) is 10.8. The SMILES string of the molecule is CCn1cc2ccc(N)cc2n1. The van der Waals surface area contributed by atoms with Crippen molar-refractivity contribution in [3.05, 3.63) is 24.4 Å². The molecule has 0 atom stereocenters. The molecule has 1 heterocycles. The molecule has 0 aliphatic heterocycles. The first kappa shape index (κ1) is 7.16. The molecule has 0 amide bonds. The highest BCUT2D eigenvalue weighted by atomic mass is 15.3. The Labute approximate surface area is 70.8 Å². The van der Waals surface area contributed by atoms with Gasteiger partial charge in [0.25, 0.3) is 0 Å². The van der Waals surface area contributed by atoms with Gasteiger partial charge in [-0.05, 0) is 25.1 Å². The third-order valence-electron chi connectivity index (χ3n) is 1.90. The fourth-order valence-electron chi connectivity index (χ4n) is 1.25. The van der Waals surface area contributed by atoms with Crippen molar-refractivity contribution < 1.29 is 0 Å². The number of nitrogen functional groups attached to an aromatic ring is 1. The molecule has 0 unspecified atom stereocenters. The van der Waals surface area contributed by atoms with Gasteiger partial charge in [0.05, 0.1) is 5.52 Å². The summed E-state index contributed by atoms with van der Waals surface area (Å²) in [6, 6.07) is 5.77. The summed E-state index contributed by atoms with van der Waals surface area (Å²) in [6.07, 6.45) is 2.02. The average Bonchev–Trinajstić information content (AvgIpc) is 2.46. The molecule has 0 spiro atoms. The zero-order valence-corrected chi connectivity index (χ0v) is 6.99. The minimum absolute atomic E-state index is 0.767. The highest BCUT2D eigenvalue weighted by Crippen LogP contribution is 2.15. The lowest BCUT2D eigenvalue weighted by atomic mass is 10.2. The number of rotatable bonds is 1. The molecule has 1 aromatic carbocycles. The van der Waals surface area contributed by atoms with E-state index < -0.39 is 0 Å². The predicted molar refractivity (Wildman–Crippen MR) is 49.8 cm³/mol. The quantitative estimate of drug-likeness (QED) is 0.646. The fourth-order valence-corrected chi connectivity index (χ4v) is 1.25. The van der Waals surface area contributed by atoms with Crippen LogP contribution in [0, 0.1) is 0 Å². The van der Waals surface area contributed by atoms with Crippen LogP contribution in [0.25, 0.3) is 10.9 Å². The zero-order chi connectivity index (χ0) is 8.55. The molecule has 62 valence electrons. The Morgan fingerprint density at radius 1 is 1.50 bits per heavy atom. The summed E-state index contributed by atoms with van der Waals surface area (Å²) < 4.78 is 1.91. The van der Waals surface area contributed by atoms with Gasteiger partial charge in [-0.25, -0.2) is 0 Å². The van der Waals surface area contributed by atoms with Crippen molar-refractivity contribution >= 4 is 16.6 Å². The van der Waals surface area contributed by atoms with E-state index in [9.17, 15) is 0 Å². The lowest BCUT2D eigenvalue weighted by Crippen LogP contribution is -1.92. The first-order valence-electron chi connectivity index (χ1n) is 4.02. The number of aromatic nitrogens is 2. The highest BCUT2D eigenvalue weighted by molar-refractivity contribution is 5.81. The van der Waals surface area contributed by atoms with Crippen LogP contribution in [0.3, 0.4) is 0 Å². The third kappa shape index (κ3) is 1.03. The van der Waals surface area contributed by atoms with Gasteiger partial charge in [-0.3, -0.25) is 4.68 Å². The van der Waals surface area contributed by atoms with Crippen molar-refractivity contribution in [1.29, 1.82) is 0 Å².